The third-order valence-corrected chi connectivity index (χ3v) is 17.7. The van der Waals surface area contributed by atoms with Crippen LogP contribution in [0.2, 0.25) is 0 Å². The summed E-state index contributed by atoms with van der Waals surface area (Å²) >= 11 is 0. The summed E-state index contributed by atoms with van der Waals surface area (Å²) < 4.78 is 1.91. The average Bonchev–Trinajstić information content (AvgIpc) is 1.59. The van der Waals surface area contributed by atoms with E-state index in [4.69, 9.17) is 0 Å². The van der Waals surface area contributed by atoms with Crippen molar-refractivity contribution in [2.24, 2.45) is 0 Å². The molecule has 0 atom stereocenters. The Balaban J connectivity index is 0.000000219. The minimum Gasteiger partial charge on any atom is -0.661 e. The van der Waals surface area contributed by atoms with Crippen LogP contribution in [0.15, 0.2) is 243 Å². The van der Waals surface area contributed by atoms with Gasteiger partial charge in [-0.3, -0.25) is 9.59 Å². The van der Waals surface area contributed by atoms with Crippen LogP contribution in [0.1, 0.15) is 153 Å². The number of unbranched alkanes of at least 4 members (excludes halogenated alkanes) is 10. The number of benzene rings is 8. The van der Waals surface area contributed by atoms with Gasteiger partial charge in [0.2, 0.25) is 0 Å². The summed E-state index contributed by atoms with van der Waals surface area (Å²) in [6.45, 7) is 8.68. The van der Waals surface area contributed by atoms with Crippen LogP contribution in [-0.2, 0) is 45.6 Å². The molecule has 4 heterocycles. The molecule has 8 heteroatoms. The van der Waals surface area contributed by atoms with Crippen LogP contribution in [0.3, 0.4) is 0 Å². The van der Waals surface area contributed by atoms with Crippen molar-refractivity contribution >= 4 is 33.1 Å². The molecular weight excluding hydrogens is 1470 g/mol. The molecule has 4 aromatic heterocycles. The van der Waals surface area contributed by atoms with Crippen LogP contribution in [0, 0.1) is 20.0 Å². The van der Waals surface area contributed by atoms with Gasteiger partial charge in [0.05, 0.1) is 11.9 Å². The quantitative estimate of drug-likeness (QED) is 0.0292. The molecule has 0 unspecified atom stereocenters. The molecule has 0 N–H and O–H groups in total. The first kappa shape index (κ1) is 66.9. The molecule has 0 spiro atoms. The number of nitrogens with zero attached hydrogens (tertiary/aromatic N) is 4. The predicted molar refractivity (Wildman–Crippen MR) is 367 cm³/mol. The zero-order valence-corrected chi connectivity index (χ0v) is 57.0. The minimum absolute atomic E-state index is 0. The molecule has 0 saturated heterocycles. The van der Waals surface area contributed by atoms with Crippen LogP contribution in [0.5, 0.6) is 0 Å². The maximum atomic E-state index is 13.0. The van der Waals surface area contributed by atoms with E-state index in [-0.39, 0.29) is 57.2 Å². The number of aromatic nitrogens is 4. The Kier molecular flexibility index (Phi) is 23.9. The van der Waals surface area contributed by atoms with Gasteiger partial charge in [0, 0.05) is 49.9 Å². The van der Waals surface area contributed by atoms with E-state index in [0.717, 1.165) is 52.0 Å². The van der Waals surface area contributed by atoms with Crippen molar-refractivity contribution in [1.29, 1.82) is 0 Å². The molecule has 13 rings (SSSR count). The van der Waals surface area contributed by atoms with Gasteiger partial charge in [0.25, 0.3) is 0 Å². The van der Waals surface area contributed by atoms with Gasteiger partial charge in [-0.2, -0.15) is 30.9 Å². The summed E-state index contributed by atoms with van der Waals surface area (Å²) in [5.41, 5.74) is 17.7. The molecule has 1 radical (unpaired) electrons. The van der Waals surface area contributed by atoms with Gasteiger partial charge in [-0.15, -0.1) is 53.6 Å². The van der Waals surface area contributed by atoms with Crippen LogP contribution in [0.4, 0.5) is 0 Å². The monoisotopic (exact) mass is 1550 g/mol. The van der Waals surface area contributed by atoms with Gasteiger partial charge in [-0.05, 0) is 109 Å². The number of hydrogen-bond donors (Lipinski definition) is 0. The van der Waals surface area contributed by atoms with E-state index in [0.29, 0.717) is 22.5 Å². The van der Waals surface area contributed by atoms with Crippen molar-refractivity contribution in [3.63, 3.8) is 0 Å². The topological polar surface area (TPSA) is 79.1 Å². The van der Waals surface area contributed by atoms with E-state index in [9.17, 15) is 9.59 Å². The van der Waals surface area contributed by atoms with Crippen LogP contribution in [-0.4, -0.2) is 16.6 Å². The second-order valence-electron chi connectivity index (χ2n) is 23.5. The first-order chi connectivity index (χ1) is 43.7. The molecule has 1 aliphatic carbocycles. The molecule has 0 fully saturated rings. The third kappa shape index (κ3) is 15.6. The number of carbonyl (C=O) groups excluding carboxylic acids is 2. The summed E-state index contributed by atoms with van der Waals surface area (Å²) in [6.07, 6.45) is 24.7. The Bertz CT molecular complexity index is 4130. The Morgan fingerprint density at radius 2 is 0.978 bits per heavy atom. The largest absolute Gasteiger partial charge is 3.00 e. The summed E-state index contributed by atoms with van der Waals surface area (Å²) in [4.78, 5) is 38.9. The number of ketones is 2. The van der Waals surface area contributed by atoms with Crippen molar-refractivity contribution in [2.75, 3.05) is 0 Å². The fraction of sp³-hybridized carbons (Fsp3) is 0.205. The molecule has 0 amide bonds. The smallest absolute Gasteiger partial charge is 0.661 e. The maximum absolute atomic E-state index is 13.0. The van der Waals surface area contributed by atoms with E-state index < -0.39 is 0 Å². The van der Waals surface area contributed by atoms with Crippen LogP contribution < -0.4 is 14.5 Å². The van der Waals surface area contributed by atoms with Crippen molar-refractivity contribution < 1.29 is 54.4 Å². The van der Waals surface area contributed by atoms with Gasteiger partial charge in [0.15, 0.2) is 11.6 Å². The molecule has 91 heavy (non-hydrogen) atoms. The number of rotatable bonds is 22. The number of fused-ring (bicyclic) bond motifs is 5. The first-order valence-corrected chi connectivity index (χ1v) is 32.0. The SMILES string of the molecule is CCCCCCCCC1(CCCCCCCC)c2cc(-c3ccc(C(=O)c4ccc[n-]4)cc3)ccc2-c2ccc(-c3ccc(C(=O)c4ccc[n-]4)cc3)cc21.[CH2-]c1ccccc1-c1c2ccccc2cc[n+]1[CH2-].[Ir+3].[Ir].[c-]1ccccc1-c1nccc2ccccc12. The summed E-state index contributed by atoms with van der Waals surface area (Å²) in [5.74, 6) is -0.0946. The Morgan fingerprint density at radius 3 is 1.49 bits per heavy atom. The van der Waals surface area contributed by atoms with E-state index in [1.54, 1.807) is 36.7 Å². The van der Waals surface area contributed by atoms with Gasteiger partial charge in [0.1, 0.15) is 0 Å². The zero-order valence-electron chi connectivity index (χ0n) is 52.2. The molecular formula is C83H78Ir2N4O2-. The summed E-state index contributed by atoms with van der Waals surface area (Å²) in [7, 11) is 4.08. The van der Waals surface area contributed by atoms with E-state index in [1.807, 2.05) is 102 Å². The Labute approximate surface area is 565 Å². The maximum Gasteiger partial charge on any atom is 3.00 e. The fourth-order valence-electron chi connectivity index (χ4n) is 12.9. The Hall–Kier alpha value is -8.48. The van der Waals surface area contributed by atoms with Gasteiger partial charge >= 0.3 is 20.1 Å². The fourth-order valence-corrected chi connectivity index (χ4v) is 12.9. The van der Waals surface area contributed by atoms with Crippen LogP contribution in [0.25, 0.3) is 77.4 Å². The average molecular weight is 1550 g/mol. The second kappa shape index (κ2) is 32.5. The third-order valence-electron chi connectivity index (χ3n) is 17.7. The normalized spacial score (nSPS) is 11.7. The molecule has 461 valence electrons. The number of carbonyl (C=O) groups is 2. The first-order valence-electron chi connectivity index (χ1n) is 32.0. The summed E-state index contributed by atoms with van der Waals surface area (Å²) in [6, 6.07) is 77.4. The van der Waals surface area contributed by atoms with Crippen molar-refractivity contribution in [2.45, 2.75) is 109 Å². The van der Waals surface area contributed by atoms with Crippen molar-refractivity contribution in [3.8, 4) is 55.9 Å². The molecule has 1 aliphatic rings. The van der Waals surface area contributed by atoms with Gasteiger partial charge in [-0.25, -0.2) is 0 Å². The molecule has 0 aliphatic heterocycles. The standard InChI is InChI=1S/C51H56N2O2.C17H14N.C15H10N.2Ir/c1-3-5-7-9-11-13-31-51(32-14-12-10-8-6-4-2)45-35-41(37-19-23-39(24-20-37)49(54)47-17-15-33-52-47)27-29-43(45)44-30-28-42(36-46(44)51)38-21-25-40(26-22-38)50(55)48-18-16-34-53-48;1-13-7-3-5-9-15(13)17-16-10-6-4-8-14(16)11-12-18(17)2;1-2-7-13(8-3-1)15-14-9-5-4-6-12(14)10-11-16-15;;/h15-30,33-36H,3-14,31-32H2,1-2H3,(H2,52,53,54,55);3-12H,1-2H2;1-7,9-11H;;/q;2*-1;;+3/p-2. The summed E-state index contributed by atoms with van der Waals surface area (Å²) in [5, 5.41) is 4.80. The van der Waals surface area contributed by atoms with Crippen molar-refractivity contribution in [1.82, 2.24) is 15.0 Å². The van der Waals surface area contributed by atoms with Crippen molar-refractivity contribution in [3.05, 3.63) is 302 Å². The molecule has 8 aromatic carbocycles. The molecule has 12 aromatic rings. The van der Waals surface area contributed by atoms with E-state index in [1.165, 1.54) is 132 Å². The van der Waals surface area contributed by atoms with E-state index in [2.05, 4.69) is 158 Å². The van der Waals surface area contributed by atoms with Gasteiger partial charge in [-0.1, -0.05) is 254 Å². The number of pyridine rings is 2. The second-order valence-corrected chi connectivity index (χ2v) is 23.5. The molecule has 6 nitrogen and oxygen atoms in total. The predicted octanol–water partition coefficient (Wildman–Crippen LogP) is 20.5. The minimum atomic E-state index is -0.0923. The zero-order chi connectivity index (χ0) is 61.4. The molecule has 0 saturated carbocycles. The van der Waals surface area contributed by atoms with Gasteiger partial charge < -0.3 is 19.5 Å². The number of hydrogen-bond acceptors (Lipinski definition) is 3. The van der Waals surface area contributed by atoms with E-state index >= 15 is 0 Å². The Morgan fingerprint density at radius 1 is 0.495 bits per heavy atom. The van der Waals surface area contributed by atoms with Crippen LogP contribution >= 0.6 is 0 Å². The molecule has 0 bridgehead atoms.